The van der Waals surface area contributed by atoms with Crippen LogP contribution in [-0.4, -0.2) is 22.6 Å². The van der Waals surface area contributed by atoms with Crippen molar-refractivity contribution in [1.82, 2.24) is 5.32 Å². The summed E-state index contributed by atoms with van der Waals surface area (Å²) in [6.07, 6.45) is 0.802. The van der Waals surface area contributed by atoms with E-state index >= 15 is 0 Å². The van der Waals surface area contributed by atoms with Gasteiger partial charge in [0.1, 0.15) is 10.1 Å². The lowest BCUT2D eigenvalue weighted by molar-refractivity contribution is -0.119. The number of rotatable bonds is 3. The van der Waals surface area contributed by atoms with E-state index in [1.807, 2.05) is 42.5 Å². The van der Waals surface area contributed by atoms with Crippen molar-refractivity contribution in [3.63, 3.8) is 0 Å². The third-order valence-electron chi connectivity index (χ3n) is 4.17. The molecule has 1 amide bonds. The van der Waals surface area contributed by atoms with Gasteiger partial charge in [-0.15, -0.1) is 0 Å². The summed E-state index contributed by atoms with van der Waals surface area (Å²) in [5.41, 5.74) is 3.33. The van der Waals surface area contributed by atoms with Crippen LogP contribution in [0.4, 0.5) is 5.69 Å². The first kappa shape index (κ1) is 16.5. The second-order valence-electron chi connectivity index (χ2n) is 5.88. The number of fused-ring (bicyclic) bond motifs is 2. The first-order chi connectivity index (χ1) is 12.3. The summed E-state index contributed by atoms with van der Waals surface area (Å²) in [6.45, 7) is 0.633. The lowest BCUT2D eigenvalue weighted by atomic mass is 10.0. The number of amides is 1. The number of hydrogen-bond acceptors (Lipinski definition) is 5. The largest absolute Gasteiger partial charge is 0.493 e. The third-order valence-corrected chi connectivity index (χ3v) is 6.42. The number of nitrogens with one attached hydrogen (secondary N) is 1. The standard InChI is InChI=1S/C19H18N2O2S2/c22-18(20-16-9-10-23-17-8-4-2-6-14(16)17)12-25-19-21-15-7-3-1-5-13(15)11-24-19/h1-8,16H,9-12H2,(H,20,22)/t16-/m1/s1. The predicted molar refractivity (Wildman–Crippen MR) is 105 cm³/mol. The van der Waals surface area contributed by atoms with Crippen molar-refractivity contribution in [2.45, 2.75) is 18.2 Å². The number of carbonyl (C=O) groups is 1. The molecule has 2 aliphatic heterocycles. The molecule has 0 unspecified atom stereocenters. The van der Waals surface area contributed by atoms with E-state index in [2.05, 4.69) is 16.4 Å². The Bertz CT molecular complexity index is 823. The summed E-state index contributed by atoms with van der Waals surface area (Å²) in [4.78, 5) is 17.0. The molecule has 2 heterocycles. The van der Waals surface area contributed by atoms with Crippen LogP contribution in [-0.2, 0) is 10.5 Å². The molecule has 2 aliphatic rings. The lowest BCUT2D eigenvalue weighted by Gasteiger charge is -2.26. The fourth-order valence-corrected chi connectivity index (χ4v) is 4.81. The molecule has 0 spiro atoms. The molecule has 2 aromatic carbocycles. The Hall–Kier alpha value is -1.92. The van der Waals surface area contributed by atoms with Gasteiger partial charge in [0.2, 0.25) is 5.91 Å². The highest BCUT2D eigenvalue weighted by Gasteiger charge is 2.23. The molecule has 1 N–H and O–H groups in total. The highest BCUT2D eigenvalue weighted by atomic mass is 32.2. The van der Waals surface area contributed by atoms with Gasteiger partial charge in [0.25, 0.3) is 0 Å². The lowest BCUT2D eigenvalue weighted by Crippen LogP contribution is -2.33. The van der Waals surface area contributed by atoms with E-state index in [4.69, 9.17) is 4.74 Å². The molecule has 0 bridgehead atoms. The average Bonchev–Trinajstić information content (AvgIpc) is 2.66. The fourth-order valence-electron chi connectivity index (χ4n) is 2.94. The van der Waals surface area contributed by atoms with Gasteiger partial charge in [0, 0.05) is 17.7 Å². The van der Waals surface area contributed by atoms with E-state index in [1.165, 1.54) is 17.3 Å². The van der Waals surface area contributed by atoms with Gasteiger partial charge in [0.05, 0.1) is 24.1 Å². The highest BCUT2D eigenvalue weighted by molar-refractivity contribution is 8.38. The SMILES string of the molecule is O=C(CSC1=Nc2ccccc2CS1)N[C@@H]1CCOc2ccccc21. The fraction of sp³-hybridized carbons (Fsp3) is 0.263. The van der Waals surface area contributed by atoms with Crippen molar-refractivity contribution in [3.8, 4) is 5.75 Å². The van der Waals surface area contributed by atoms with Gasteiger partial charge in [-0.1, -0.05) is 59.9 Å². The monoisotopic (exact) mass is 370 g/mol. The summed E-state index contributed by atoms with van der Waals surface area (Å²) in [7, 11) is 0. The molecule has 0 saturated heterocycles. The Morgan fingerprint density at radius 1 is 1.24 bits per heavy atom. The molecule has 2 aromatic rings. The maximum absolute atomic E-state index is 12.4. The molecular formula is C19H18N2O2S2. The van der Waals surface area contributed by atoms with Gasteiger partial charge >= 0.3 is 0 Å². The van der Waals surface area contributed by atoms with Crippen LogP contribution in [0.5, 0.6) is 5.75 Å². The molecular weight excluding hydrogens is 352 g/mol. The van der Waals surface area contributed by atoms with Crippen LogP contribution < -0.4 is 10.1 Å². The van der Waals surface area contributed by atoms with E-state index < -0.39 is 0 Å². The van der Waals surface area contributed by atoms with Gasteiger partial charge in [0.15, 0.2) is 0 Å². The summed E-state index contributed by atoms with van der Waals surface area (Å²) >= 11 is 3.20. The molecule has 1 atom stereocenters. The molecule has 0 radical (unpaired) electrons. The Balaban J connectivity index is 1.36. The number of benzene rings is 2. The van der Waals surface area contributed by atoms with Crippen LogP contribution in [0.2, 0.25) is 0 Å². The number of nitrogens with zero attached hydrogens (tertiary/aromatic N) is 1. The summed E-state index contributed by atoms with van der Waals surface area (Å²) in [5.74, 6) is 2.20. The molecule has 128 valence electrons. The van der Waals surface area contributed by atoms with E-state index in [1.54, 1.807) is 11.8 Å². The van der Waals surface area contributed by atoms with Crippen molar-refractivity contribution < 1.29 is 9.53 Å². The predicted octanol–water partition coefficient (Wildman–Crippen LogP) is 4.29. The minimum atomic E-state index is 0.0275. The van der Waals surface area contributed by atoms with Crippen LogP contribution in [0.3, 0.4) is 0 Å². The van der Waals surface area contributed by atoms with Crippen LogP contribution >= 0.6 is 23.5 Å². The van der Waals surface area contributed by atoms with Gasteiger partial charge in [-0.05, 0) is 17.7 Å². The van der Waals surface area contributed by atoms with Gasteiger partial charge < -0.3 is 10.1 Å². The zero-order chi connectivity index (χ0) is 17.1. The van der Waals surface area contributed by atoms with Gasteiger partial charge in [-0.3, -0.25) is 4.79 Å². The van der Waals surface area contributed by atoms with E-state index in [0.29, 0.717) is 12.4 Å². The summed E-state index contributed by atoms with van der Waals surface area (Å²) < 4.78 is 6.60. The van der Waals surface area contributed by atoms with Crippen LogP contribution in [0.1, 0.15) is 23.6 Å². The molecule has 4 rings (SSSR count). The van der Waals surface area contributed by atoms with Crippen molar-refractivity contribution in [3.05, 3.63) is 59.7 Å². The second kappa shape index (κ2) is 7.54. The van der Waals surface area contributed by atoms with E-state index in [0.717, 1.165) is 33.5 Å². The Morgan fingerprint density at radius 2 is 2.08 bits per heavy atom. The molecule has 6 heteroatoms. The molecule has 0 aliphatic carbocycles. The molecule has 25 heavy (non-hydrogen) atoms. The average molecular weight is 370 g/mol. The molecule has 0 aromatic heterocycles. The zero-order valence-corrected chi connectivity index (χ0v) is 15.2. The third kappa shape index (κ3) is 3.85. The van der Waals surface area contributed by atoms with E-state index in [9.17, 15) is 4.79 Å². The van der Waals surface area contributed by atoms with Crippen molar-refractivity contribution in [2.24, 2.45) is 4.99 Å². The molecule has 0 saturated carbocycles. The van der Waals surface area contributed by atoms with Crippen LogP contribution in [0.15, 0.2) is 53.5 Å². The quantitative estimate of drug-likeness (QED) is 0.875. The van der Waals surface area contributed by atoms with Crippen molar-refractivity contribution in [1.29, 1.82) is 0 Å². The summed E-state index contributed by atoms with van der Waals surface area (Å²) in [6, 6.07) is 16.1. The Kier molecular flexibility index (Phi) is 4.99. The number of ether oxygens (including phenoxy) is 1. The number of carbonyl (C=O) groups excluding carboxylic acids is 1. The summed E-state index contributed by atoms with van der Waals surface area (Å²) in [5, 5.41) is 3.13. The topological polar surface area (TPSA) is 50.7 Å². The number of aliphatic imine (C=N–C) groups is 1. The number of hydrogen-bond donors (Lipinski definition) is 1. The second-order valence-corrected chi connectivity index (χ2v) is 8.07. The van der Waals surface area contributed by atoms with Crippen molar-refractivity contribution in [2.75, 3.05) is 12.4 Å². The maximum atomic E-state index is 12.4. The molecule has 0 fully saturated rings. The molecule has 4 nitrogen and oxygen atoms in total. The Labute approximate surface area is 155 Å². The van der Waals surface area contributed by atoms with Gasteiger partial charge in [-0.2, -0.15) is 0 Å². The minimum absolute atomic E-state index is 0.0275. The Morgan fingerprint density at radius 3 is 3.04 bits per heavy atom. The van der Waals surface area contributed by atoms with Crippen LogP contribution in [0, 0.1) is 0 Å². The van der Waals surface area contributed by atoms with Crippen LogP contribution in [0.25, 0.3) is 0 Å². The smallest absolute Gasteiger partial charge is 0.230 e. The van der Waals surface area contributed by atoms with E-state index in [-0.39, 0.29) is 11.9 Å². The number of para-hydroxylation sites is 2. The first-order valence-corrected chi connectivity index (χ1v) is 10.2. The first-order valence-electron chi connectivity index (χ1n) is 8.23. The minimum Gasteiger partial charge on any atom is -0.493 e. The normalized spacial score (nSPS) is 18.4. The zero-order valence-electron chi connectivity index (χ0n) is 13.6. The van der Waals surface area contributed by atoms with Gasteiger partial charge in [-0.25, -0.2) is 4.99 Å². The number of thioether (sulfide) groups is 2. The van der Waals surface area contributed by atoms with Crippen molar-refractivity contribution >= 4 is 39.5 Å². The maximum Gasteiger partial charge on any atom is 0.230 e. The highest BCUT2D eigenvalue weighted by Crippen LogP contribution is 2.35.